The molecule has 13 heteroatoms. The predicted octanol–water partition coefficient (Wildman–Crippen LogP) is 3.46. The monoisotopic (exact) mass is 600 g/mol. The van der Waals surface area contributed by atoms with Crippen molar-refractivity contribution in [2.75, 3.05) is 6.61 Å². The molecule has 2 heterocycles. The molecule has 1 aliphatic rings. The predicted molar refractivity (Wildman–Crippen MR) is 156 cm³/mol. The average molecular weight is 601 g/mol. The third kappa shape index (κ3) is 10.1. The zero-order valence-electron chi connectivity index (χ0n) is 22.9. The van der Waals surface area contributed by atoms with E-state index in [0.717, 1.165) is 28.2 Å². The number of rotatable bonds is 15. The number of hydrogen-bond acceptors (Lipinski definition) is 9. The second-order valence-electron chi connectivity index (χ2n) is 10.1. The van der Waals surface area contributed by atoms with E-state index in [1.165, 1.54) is 22.7 Å². The number of benzene rings is 1. The second-order valence-corrected chi connectivity index (χ2v) is 12.0. The van der Waals surface area contributed by atoms with Crippen LogP contribution < -0.4 is 16.0 Å². The van der Waals surface area contributed by atoms with Crippen LogP contribution in [0.1, 0.15) is 47.9 Å². The summed E-state index contributed by atoms with van der Waals surface area (Å²) in [6, 6.07) is 7.91. The van der Waals surface area contributed by atoms with Crippen molar-refractivity contribution in [2.24, 2.45) is 0 Å². The van der Waals surface area contributed by atoms with Crippen molar-refractivity contribution in [1.82, 2.24) is 30.8 Å². The fourth-order valence-corrected chi connectivity index (χ4v) is 5.41. The lowest BCUT2D eigenvalue weighted by Gasteiger charge is -2.27. The Morgan fingerprint density at radius 1 is 1.02 bits per heavy atom. The number of hydrogen-bond donors (Lipinski definition) is 4. The Balaban J connectivity index is 1.31. The van der Waals surface area contributed by atoms with Crippen LogP contribution in [-0.2, 0) is 29.1 Å². The van der Waals surface area contributed by atoms with E-state index in [-0.39, 0.29) is 30.8 Å². The number of aromatic nitrogens is 2. The number of urea groups is 1. The molecule has 0 radical (unpaired) electrons. The second kappa shape index (κ2) is 15.5. The molecule has 0 bridgehead atoms. The standard InChI is InChI=1S/C28H36N6O5S2/c1-19(31-28(38)39-16-24-13-30-18-41-24)7-8-21(11-20-5-3-2-4-6-20)32-26(36)25(15-35)33-27(37)34(22-9-10-22)14-23-12-29-17-40-23/h2-6,12-13,17-19,21-22,25,35H,7-11,14-16H2,1H3,(H,31,38)(H,32,36)(H,33,37)/t19-,21+,25-/m0/s1. The van der Waals surface area contributed by atoms with Crippen molar-refractivity contribution >= 4 is 40.7 Å². The molecule has 220 valence electrons. The topological polar surface area (TPSA) is 146 Å². The fraction of sp³-hybridized carbons (Fsp3) is 0.464. The van der Waals surface area contributed by atoms with Crippen LogP contribution in [0.2, 0.25) is 0 Å². The van der Waals surface area contributed by atoms with Gasteiger partial charge in [-0.15, -0.1) is 22.7 Å². The van der Waals surface area contributed by atoms with E-state index < -0.39 is 24.6 Å². The number of nitrogens with one attached hydrogen (secondary N) is 3. The minimum absolute atomic E-state index is 0.119. The maximum Gasteiger partial charge on any atom is 0.407 e. The Kier molecular flexibility index (Phi) is 11.5. The lowest BCUT2D eigenvalue weighted by atomic mass is 9.99. The summed E-state index contributed by atoms with van der Waals surface area (Å²) in [4.78, 5) is 50.1. The van der Waals surface area contributed by atoms with Gasteiger partial charge < -0.3 is 30.7 Å². The summed E-state index contributed by atoms with van der Waals surface area (Å²) in [7, 11) is 0. The number of aliphatic hydroxyl groups is 1. The molecular formula is C28H36N6O5S2. The Labute approximate surface area is 247 Å². The number of alkyl carbamates (subject to hydrolysis) is 1. The Morgan fingerprint density at radius 3 is 2.37 bits per heavy atom. The molecule has 1 fully saturated rings. The first-order chi connectivity index (χ1) is 19.9. The lowest BCUT2D eigenvalue weighted by molar-refractivity contribution is -0.124. The van der Waals surface area contributed by atoms with E-state index in [1.807, 2.05) is 37.3 Å². The zero-order chi connectivity index (χ0) is 29.0. The smallest absolute Gasteiger partial charge is 0.407 e. The molecule has 4 amide bonds. The van der Waals surface area contributed by atoms with Gasteiger partial charge in [0.2, 0.25) is 5.91 Å². The van der Waals surface area contributed by atoms with Gasteiger partial charge in [0.1, 0.15) is 12.6 Å². The Morgan fingerprint density at radius 2 is 1.73 bits per heavy atom. The zero-order valence-corrected chi connectivity index (χ0v) is 24.5. The van der Waals surface area contributed by atoms with E-state index in [1.54, 1.807) is 28.3 Å². The van der Waals surface area contributed by atoms with Gasteiger partial charge in [-0.1, -0.05) is 30.3 Å². The molecular weight excluding hydrogens is 564 g/mol. The summed E-state index contributed by atoms with van der Waals surface area (Å²) in [5, 5.41) is 18.6. The first-order valence-electron chi connectivity index (χ1n) is 13.6. The molecule has 0 aliphatic heterocycles. The highest BCUT2D eigenvalue weighted by Crippen LogP contribution is 2.29. The molecule has 0 spiro atoms. The number of carbonyl (C=O) groups is 3. The first-order valence-corrected chi connectivity index (χ1v) is 15.4. The van der Waals surface area contributed by atoms with E-state index in [2.05, 4.69) is 25.9 Å². The van der Waals surface area contributed by atoms with Gasteiger partial charge in [-0.2, -0.15) is 0 Å². The Bertz CT molecular complexity index is 1220. The van der Waals surface area contributed by atoms with Gasteiger partial charge >= 0.3 is 12.1 Å². The largest absolute Gasteiger partial charge is 0.444 e. The third-order valence-corrected chi connectivity index (χ3v) is 8.19. The maximum absolute atomic E-state index is 13.2. The van der Waals surface area contributed by atoms with Crippen molar-refractivity contribution in [3.8, 4) is 0 Å². The van der Waals surface area contributed by atoms with E-state index in [4.69, 9.17) is 4.74 Å². The summed E-state index contributed by atoms with van der Waals surface area (Å²) in [6.45, 7) is 1.92. The van der Waals surface area contributed by atoms with Gasteiger partial charge in [-0.05, 0) is 44.6 Å². The maximum atomic E-state index is 13.2. The number of nitrogens with zero attached hydrogens (tertiary/aromatic N) is 3. The van der Waals surface area contributed by atoms with E-state index in [9.17, 15) is 19.5 Å². The summed E-state index contributed by atoms with van der Waals surface area (Å²) in [6.07, 6.45) is 6.38. The molecule has 1 saturated carbocycles. The molecule has 4 N–H and O–H groups in total. The van der Waals surface area contributed by atoms with Gasteiger partial charge in [0.15, 0.2) is 0 Å². The molecule has 0 saturated heterocycles. The minimum Gasteiger partial charge on any atom is -0.444 e. The number of aliphatic hydroxyl groups excluding tert-OH is 1. The molecule has 1 aromatic carbocycles. The lowest BCUT2D eigenvalue weighted by Crippen LogP contribution is -2.55. The molecule has 4 rings (SSSR count). The molecule has 1 aliphatic carbocycles. The number of amides is 4. The number of thiazole rings is 2. The van der Waals surface area contributed by atoms with Crippen molar-refractivity contribution in [1.29, 1.82) is 0 Å². The summed E-state index contributed by atoms with van der Waals surface area (Å²) in [5.74, 6) is -0.458. The van der Waals surface area contributed by atoms with Gasteiger partial charge in [0.25, 0.3) is 0 Å². The molecule has 41 heavy (non-hydrogen) atoms. The van der Waals surface area contributed by atoms with Gasteiger partial charge in [-0.3, -0.25) is 14.8 Å². The van der Waals surface area contributed by atoms with E-state index in [0.29, 0.717) is 25.8 Å². The number of carbonyl (C=O) groups excluding carboxylic acids is 3. The highest BCUT2D eigenvalue weighted by molar-refractivity contribution is 7.09. The average Bonchev–Trinajstić information content (AvgIpc) is 3.41. The van der Waals surface area contributed by atoms with Crippen molar-refractivity contribution in [2.45, 2.75) is 76.3 Å². The molecule has 2 aromatic heterocycles. The summed E-state index contributed by atoms with van der Waals surface area (Å²) >= 11 is 2.88. The molecule has 0 unspecified atom stereocenters. The van der Waals surface area contributed by atoms with Crippen molar-refractivity contribution in [3.05, 3.63) is 69.1 Å². The van der Waals surface area contributed by atoms with Crippen molar-refractivity contribution in [3.63, 3.8) is 0 Å². The quantitative estimate of drug-likeness (QED) is 0.209. The number of ether oxygens (including phenoxy) is 1. The molecule has 3 atom stereocenters. The fourth-order valence-electron chi connectivity index (χ4n) is 4.31. The molecule has 3 aromatic rings. The molecule has 11 nitrogen and oxygen atoms in total. The van der Waals surface area contributed by atoms with Gasteiger partial charge in [0, 0.05) is 35.4 Å². The van der Waals surface area contributed by atoms with Gasteiger partial charge in [0.05, 0.1) is 29.0 Å². The Hall–Kier alpha value is -3.55. The van der Waals surface area contributed by atoms with Crippen LogP contribution >= 0.6 is 22.7 Å². The summed E-state index contributed by atoms with van der Waals surface area (Å²) < 4.78 is 5.26. The van der Waals surface area contributed by atoms with Crippen LogP contribution in [0, 0.1) is 0 Å². The highest BCUT2D eigenvalue weighted by atomic mass is 32.1. The normalized spacial score (nSPS) is 14.9. The van der Waals surface area contributed by atoms with Crippen LogP contribution in [-0.4, -0.2) is 68.8 Å². The first kappa shape index (κ1) is 30.4. The van der Waals surface area contributed by atoms with Crippen LogP contribution in [0.25, 0.3) is 0 Å². The van der Waals surface area contributed by atoms with Crippen LogP contribution in [0.5, 0.6) is 0 Å². The SMILES string of the molecule is C[C@@H](CC[C@H](Cc1ccccc1)NC(=O)[C@H](CO)NC(=O)N(Cc1cncs1)C1CC1)NC(=O)OCc1cncs1. The van der Waals surface area contributed by atoms with Gasteiger partial charge in [-0.25, -0.2) is 9.59 Å². The summed E-state index contributed by atoms with van der Waals surface area (Å²) in [5.41, 5.74) is 4.44. The van der Waals surface area contributed by atoms with Crippen LogP contribution in [0.15, 0.2) is 53.7 Å². The highest BCUT2D eigenvalue weighted by Gasteiger charge is 2.35. The third-order valence-electron chi connectivity index (χ3n) is 6.67. The van der Waals surface area contributed by atoms with Crippen LogP contribution in [0.3, 0.4) is 0 Å². The van der Waals surface area contributed by atoms with Crippen molar-refractivity contribution < 1.29 is 24.2 Å². The minimum atomic E-state index is -1.10. The van der Waals surface area contributed by atoms with E-state index >= 15 is 0 Å². The van der Waals surface area contributed by atoms with Crippen LogP contribution in [0.4, 0.5) is 9.59 Å².